The molecule has 1 unspecified atom stereocenters. The maximum absolute atomic E-state index is 5.93. The SMILES string of the molecule is CNC(C)c1cccc(OCc2ncc(Cl)n2C)c1. The lowest BCUT2D eigenvalue weighted by Crippen LogP contribution is -2.12. The first-order valence-corrected chi connectivity index (χ1v) is 6.55. The number of aromatic nitrogens is 2. The lowest BCUT2D eigenvalue weighted by Gasteiger charge is -2.12. The van der Waals surface area contributed by atoms with E-state index in [9.17, 15) is 0 Å². The van der Waals surface area contributed by atoms with Crippen LogP contribution in [0.3, 0.4) is 0 Å². The van der Waals surface area contributed by atoms with E-state index < -0.39 is 0 Å². The van der Waals surface area contributed by atoms with Crippen LogP contribution in [0.4, 0.5) is 0 Å². The molecule has 19 heavy (non-hydrogen) atoms. The van der Waals surface area contributed by atoms with Crippen molar-refractivity contribution in [3.8, 4) is 5.75 Å². The van der Waals surface area contributed by atoms with E-state index in [2.05, 4.69) is 23.3 Å². The van der Waals surface area contributed by atoms with Crippen molar-refractivity contribution < 1.29 is 4.74 Å². The van der Waals surface area contributed by atoms with Crippen LogP contribution in [-0.4, -0.2) is 16.6 Å². The summed E-state index contributed by atoms with van der Waals surface area (Å²) in [6.45, 7) is 2.51. The highest BCUT2D eigenvalue weighted by Gasteiger charge is 2.07. The number of halogens is 1. The molecule has 4 nitrogen and oxygen atoms in total. The second-order valence-corrected chi connectivity index (χ2v) is 4.81. The molecule has 1 heterocycles. The van der Waals surface area contributed by atoms with Gasteiger partial charge in [0.25, 0.3) is 0 Å². The fourth-order valence-corrected chi connectivity index (χ4v) is 1.89. The zero-order valence-corrected chi connectivity index (χ0v) is 12.1. The van der Waals surface area contributed by atoms with Crippen molar-refractivity contribution in [1.29, 1.82) is 0 Å². The van der Waals surface area contributed by atoms with Crippen LogP contribution in [-0.2, 0) is 13.7 Å². The normalized spacial score (nSPS) is 12.4. The molecular formula is C14H18ClN3O. The molecule has 0 aliphatic carbocycles. The largest absolute Gasteiger partial charge is 0.486 e. The van der Waals surface area contributed by atoms with Crippen LogP contribution in [0.5, 0.6) is 5.75 Å². The van der Waals surface area contributed by atoms with Crippen LogP contribution in [0, 0.1) is 0 Å². The zero-order valence-electron chi connectivity index (χ0n) is 11.4. The van der Waals surface area contributed by atoms with Gasteiger partial charge in [0.1, 0.15) is 23.3 Å². The van der Waals surface area contributed by atoms with Crippen LogP contribution in [0.25, 0.3) is 0 Å². The van der Waals surface area contributed by atoms with E-state index >= 15 is 0 Å². The van der Waals surface area contributed by atoms with Crippen LogP contribution in [0.15, 0.2) is 30.5 Å². The van der Waals surface area contributed by atoms with E-state index in [0.717, 1.165) is 11.6 Å². The van der Waals surface area contributed by atoms with Gasteiger partial charge in [-0.1, -0.05) is 23.7 Å². The molecule has 0 bridgehead atoms. The molecule has 1 N–H and O–H groups in total. The molecule has 0 fully saturated rings. The van der Waals surface area contributed by atoms with Gasteiger partial charge in [-0.3, -0.25) is 0 Å². The molecule has 0 amide bonds. The number of nitrogens with one attached hydrogen (secondary N) is 1. The van der Waals surface area contributed by atoms with Crippen molar-refractivity contribution in [3.05, 3.63) is 47.0 Å². The van der Waals surface area contributed by atoms with E-state index in [1.165, 1.54) is 5.56 Å². The zero-order chi connectivity index (χ0) is 13.8. The Bertz CT molecular complexity index is 553. The predicted molar refractivity (Wildman–Crippen MR) is 76.5 cm³/mol. The Balaban J connectivity index is 2.05. The molecule has 2 aromatic rings. The molecule has 0 spiro atoms. The van der Waals surface area contributed by atoms with Crippen LogP contribution >= 0.6 is 11.6 Å². The Hall–Kier alpha value is -1.52. The van der Waals surface area contributed by atoms with Gasteiger partial charge in [-0.25, -0.2) is 4.98 Å². The molecule has 0 aliphatic heterocycles. The van der Waals surface area contributed by atoms with E-state index in [1.807, 2.05) is 36.9 Å². The lowest BCUT2D eigenvalue weighted by molar-refractivity contribution is 0.291. The number of ether oxygens (including phenoxy) is 1. The van der Waals surface area contributed by atoms with E-state index in [-0.39, 0.29) is 0 Å². The Kier molecular flexibility index (Phi) is 4.45. The molecule has 0 aliphatic rings. The van der Waals surface area contributed by atoms with Crippen molar-refractivity contribution in [2.45, 2.75) is 19.6 Å². The highest BCUT2D eigenvalue weighted by Crippen LogP contribution is 2.20. The van der Waals surface area contributed by atoms with Gasteiger partial charge in [-0.2, -0.15) is 0 Å². The smallest absolute Gasteiger partial charge is 0.147 e. The molecule has 1 atom stereocenters. The van der Waals surface area contributed by atoms with Crippen LogP contribution in [0.1, 0.15) is 24.4 Å². The third-order valence-corrected chi connectivity index (χ3v) is 3.54. The summed E-state index contributed by atoms with van der Waals surface area (Å²) in [5.74, 6) is 1.63. The minimum atomic E-state index is 0.297. The van der Waals surface area contributed by atoms with Gasteiger partial charge in [-0.15, -0.1) is 0 Å². The minimum absolute atomic E-state index is 0.297. The van der Waals surface area contributed by atoms with Crippen molar-refractivity contribution in [3.63, 3.8) is 0 Å². The second-order valence-electron chi connectivity index (χ2n) is 4.43. The van der Waals surface area contributed by atoms with Gasteiger partial charge >= 0.3 is 0 Å². The lowest BCUT2D eigenvalue weighted by atomic mass is 10.1. The van der Waals surface area contributed by atoms with Crippen molar-refractivity contribution in [2.24, 2.45) is 7.05 Å². The number of imidazole rings is 1. The molecule has 1 aromatic heterocycles. The third kappa shape index (κ3) is 3.28. The molecule has 1 aromatic carbocycles. The Morgan fingerprint density at radius 3 is 2.89 bits per heavy atom. The Morgan fingerprint density at radius 1 is 1.47 bits per heavy atom. The third-order valence-electron chi connectivity index (χ3n) is 3.19. The van der Waals surface area contributed by atoms with E-state index in [4.69, 9.17) is 16.3 Å². The predicted octanol–water partition coefficient (Wildman–Crippen LogP) is 2.93. The van der Waals surface area contributed by atoms with Gasteiger partial charge in [-0.05, 0) is 31.7 Å². The Labute approximate surface area is 118 Å². The fourth-order valence-electron chi connectivity index (χ4n) is 1.75. The highest BCUT2D eigenvalue weighted by molar-refractivity contribution is 6.29. The molecule has 2 rings (SSSR count). The first-order valence-electron chi connectivity index (χ1n) is 6.18. The summed E-state index contributed by atoms with van der Waals surface area (Å²) in [5, 5.41) is 3.81. The molecule has 5 heteroatoms. The monoisotopic (exact) mass is 279 g/mol. The summed E-state index contributed by atoms with van der Waals surface area (Å²) in [4.78, 5) is 4.20. The topological polar surface area (TPSA) is 39.1 Å². The quantitative estimate of drug-likeness (QED) is 0.915. The van der Waals surface area contributed by atoms with Crippen molar-refractivity contribution >= 4 is 11.6 Å². The van der Waals surface area contributed by atoms with E-state index in [0.29, 0.717) is 17.8 Å². The summed E-state index contributed by atoms with van der Waals surface area (Å²) in [7, 11) is 3.81. The minimum Gasteiger partial charge on any atom is -0.486 e. The number of benzene rings is 1. The standard InChI is InChI=1S/C14H18ClN3O/c1-10(16-2)11-5-4-6-12(7-11)19-9-14-17-8-13(15)18(14)3/h4-8,10,16H,9H2,1-3H3. The molecule has 0 saturated carbocycles. The number of rotatable bonds is 5. The molecular weight excluding hydrogens is 262 g/mol. The first-order chi connectivity index (χ1) is 9.11. The molecule has 0 radical (unpaired) electrons. The Morgan fingerprint density at radius 2 is 2.26 bits per heavy atom. The fraction of sp³-hybridized carbons (Fsp3) is 0.357. The van der Waals surface area contributed by atoms with Gasteiger partial charge in [0, 0.05) is 13.1 Å². The summed E-state index contributed by atoms with van der Waals surface area (Å²) < 4.78 is 7.56. The van der Waals surface area contributed by atoms with E-state index in [1.54, 1.807) is 6.20 Å². The van der Waals surface area contributed by atoms with Gasteiger partial charge in [0.05, 0.1) is 6.20 Å². The average molecular weight is 280 g/mol. The van der Waals surface area contributed by atoms with Crippen molar-refractivity contribution in [2.75, 3.05) is 7.05 Å². The van der Waals surface area contributed by atoms with Gasteiger partial charge in [0.15, 0.2) is 0 Å². The van der Waals surface area contributed by atoms with Gasteiger partial charge < -0.3 is 14.6 Å². The van der Waals surface area contributed by atoms with Crippen molar-refractivity contribution in [1.82, 2.24) is 14.9 Å². The van der Waals surface area contributed by atoms with Crippen LogP contribution < -0.4 is 10.1 Å². The summed E-state index contributed by atoms with van der Waals surface area (Å²) in [6.07, 6.45) is 1.62. The maximum atomic E-state index is 5.93. The number of hydrogen-bond donors (Lipinski definition) is 1. The second kappa shape index (κ2) is 6.08. The highest BCUT2D eigenvalue weighted by atomic mass is 35.5. The first kappa shape index (κ1) is 13.9. The molecule has 0 saturated heterocycles. The summed E-state index contributed by atoms with van der Waals surface area (Å²) >= 11 is 5.93. The van der Waals surface area contributed by atoms with Gasteiger partial charge in [0.2, 0.25) is 0 Å². The number of nitrogens with zero attached hydrogens (tertiary/aromatic N) is 2. The summed E-state index contributed by atoms with van der Waals surface area (Å²) in [5.41, 5.74) is 1.19. The maximum Gasteiger partial charge on any atom is 0.147 e. The van der Waals surface area contributed by atoms with Crippen LogP contribution in [0.2, 0.25) is 5.15 Å². The number of hydrogen-bond acceptors (Lipinski definition) is 3. The average Bonchev–Trinajstić information content (AvgIpc) is 2.76. The molecule has 102 valence electrons. The summed E-state index contributed by atoms with van der Waals surface area (Å²) in [6, 6.07) is 8.34.